The molecule has 122 valence electrons. The Morgan fingerprint density at radius 1 is 1.08 bits per heavy atom. The van der Waals surface area contributed by atoms with Crippen LogP contribution in [0.25, 0.3) is 0 Å². The van der Waals surface area contributed by atoms with Crippen LogP contribution >= 0.6 is 0 Å². The molecule has 1 aromatic heterocycles. The summed E-state index contributed by atoms with van der Waals surface area (Å²) in [6.07, 6.45) is 6.91. The van der Waals surface area contributed by atoms with Crippen molar-refractivity contribution in [1.29, 1.82) is 0 Å². The minimum Gasteiger partial charge on any atom is -0.333 e. The first-order valence-corrected chi connectivity index (χ1v) is 8.52. The van der Waals surface area contributed by atoms with Gasteiger partial charge in [0, 0.05) is 18.2 Å². The van der Waals surface area contributed by atoms with E-state index in [1.54, 1.807) is 12.1 Å². The standard InChI is InChI=1S/C21H21FN2/c1-2-21(11-17-8-9-19(22)10-18(17)12-21)20-14-24(15-23-20)13-16-6-4-3-5-7-16/h3-10,14-15H,2,11-13H2,1H3. The lowest BCUT2D eigenvalue weighted by atomic mass is 9.79. The number of benzene rings is 2. The van der Waals surface area contributed by atoms with Crippen molar-refractivity contribution in [2.75, 3.05) is 0 Å². The molecule has 3 heteroatoms. The van der Waals surface area contributed by atoms with Crippen molar-refractivity contribution >= 4 is 0 Å². The summed E-state index contributed by atoms with van der Waals surface area (Å²) >= 11 is 0. The van der Waals surface area contributed by atoms with Crippen molar-refractivity contribution in [2.24, 2.45) is 0 Å². The van der Waals surface area contributed by atoms with Gasteiger partial charge in [0.2, 0.25) is 0 Å². The molecule has 3 aromatic rings. The maximum Gasteiger partial charge on any atom is 0.123 e. The predicted octanol–water partition coefficient (Wildman–Crippen LogP) is 4.52. The van der Waals surface area contributed by atoms with E-state index in [0.29, 0.717) is 0 Å². The smallest absolute Gasteiger partial charge is 0.123 e. The zero-order valence-corrected chi connectivity index (χ0v) is 13.9. The van der Waals surface area contributed by atoms with Crippen molar-refractivity contribution in [3.8, 4) is 0 Å². The molecule has 0 radical (unpaired) electrons. The average molecular weight is 320 g/mol. The van der Waals surface area contributed by atoms with Crippen LogP contribution < -0.4 is 0 Å². The van der Waals surface area contributed by atoms with Crippen LogP contribution in [-0.4, -0.2) is 9.55 Å². The van der Waals surface area contributed by atoms with E-state index in [0.717, 1.165) is 37.1 Å². The second-order valence-electron chi connectivity index (χ2n) is 6.82. The summed E-state index contributed by atoms with van der Waals surface area (Å²) < 4.78 is 15.7. The number of rotatable bonds is 4. The van der Waals surface area contributed by atoms with E-state index in [1.807, 2.05) is 18.5 Å². The minimum atomic E-state index is -0.143. The first kappa shape index (κ1) is 15.1. The highest BCUT2D eigenvalue weighted by Crippen LogP contribution is 2.41. The Kier molecular flexibility index (Phi) is 3.72. The number of aromatic nitrogens is 2. The number of imidazole rings is 1. The van der Waals surface area contributed by atoms with Gasteiger partial charge in [0.25, 0.3) is 0 Å². The molecule has 1 aliphatic rings. The lowest BCUT2D eigenvalue weighted by Crippen LogP contribution is -2.26. The van der Waals surface area contributed by atoms with Crippen LogP contribution in [-0.2, 0) is 24.8 Å². The van der Waals surface area contributed by atoms with Gasteiger partial charge >= 0.3 is 0 Å². The summed E-state index contributed by atoms with van der Waals surface area (Å²) in [5.41, 5.74) is 4.78. The van der Waals surface area contributed by atoms with Gasteiger partial charge in [-0.15, -0.1) is 0 Å². The molecule has 1 aliphatic carbocycles. The van der Waals surface area contributed by atoms with Crippen molar-refractivity contribution in [3.63, 3.8) is 0 Å². The molecule has 1 heterocycles. The third-order valence-electron chi connectivity index (χ3n) is 5.29. The Bertz CT molecular complexity index is 853. The Morgan fingerprint density at radius 2 is 1.88 bits per heavy atom. The van der Waals surface area contributed by atoms with Crippen LogP contribution in [0.2, 0.25) is 0 Å². The highest BCUT2D eigenvalue weighted by atomic mass is 19.1. The lowest BCUT2D eigenvalue weighted by molar-refractivity contribution is 0.423. The van der Waals surface area contributed by atoms with E-state index in [4.69, 9.17) is 4.98 Å². The predicted molar refractivity (Wildman–Crippen MR) is 93.5 cm³/mol. The van der Waals surface area contributed by atoms with E-state index in [2.05, 4.69) is 42.0 Å². The summed E-state index contributed by atoms with van der Waals surface area (Å²) in [5, 5.41) is 0. The third-order valence-corrected chi connectivity index (χ3v) is 5.29. The molecule has 0 amide bonds. The highest BCUT2D eigenvalue weighted by Gasteiger charge is 2.39. The lowest BCUT2D eigenvalue weighted by Gasteiger charge is -2.25. The molecule has 0 spiro atoms. The molecular formula is C21H21FN2. The van der Waals surface area contributed by atoms with Gasteiger partial charge in [0.1, 0.15) is 5.82 Å². The number of nitrogens with zero attached hydrogens (tertiary/aromatic N) is 2. The normalized spacial score (nSPS) is 19.4. The average Bonchev–Trinajstić information content (AvgIpc) is 3.20. The van der Waals surface area contributed by atoms with E-state index < -0.39 is 0 Å². The van der Waals surface area contributed by atoms with Crippen LogP contribution in [0, 0.1) is 5.82 Å². The fraction of sp³-hybridized carbons (Fsp3) is 0.286. The van der Waals surface area contributed by atoms with E-state index >= 15 is 0 Å². The van der Waals surface area contributed by atoms with E-state index in [-0.39, 0.29) is 11.2 Å². The van der Waals surface area contributed by atoms with Gasteiger partial charge in [0.05, 0.1) is 12.0 Å². The van der Waals surface area contributed by atoms with Gasteiger partial charge in [-0.05, 0) is 48.1 Å². The summed E-state index contributed by atoms with van der Waals surface area (Å²) in [6, 6.07) is 15.6. The highest BCUT2D eigenvalue weighted by molar-refractivity contribution is 5.40. The molecule has 2 aromatic carbocycles. The zero-order valence-electron chi connectivity index (χ0n) is 13.9. The van der Waals surface area contributed by atoms with Gasteiger partial charge in [0.15, 0.2) is 0 Å². The molecule has 0 N–H and O–H groups in total. The minimum absolute atomic E-state index is 0.00192. The zero-order chi connectivity index (χ0) is 16.6. The first-order valence-electron chi connectivity index (χ1n) is 8.52. The van der Waals surface area contributed by atoms with Crippen LogP contribution in [0.3, 0.4) is 0 Å². The molecule has 2 nitrogen and oxygen atoms in total. The second-order valence-corrected chi connectivity index (χ2v) is 6.82. The topological polar surface area (TPSA) is 17.8 Å². The van der Waals surface area contributed by atoms with Crippen LogP contribution in [0.5, 0.6) is 0 Å². The Labute approximate surface area is 142 Å². The molecule has 0 saturated heterocycles. The molecule has 0 aliphatic heterocycles. The molecule has 4 rings (SSSR count). The molecular weight excluding hydrogens is 299 g/mol. The molecule has 24 heavy (non-hydrogen) atoms. The Hall–Kier alpha value is -2.42. The molecule has 0 fully saturated rings. The van der Waals surface area contributed by atoms with Gasteiger partial charge in [-0.25, -0.2) is 9.37 Å². The first-order chi connectivity index (χ1) is 11.7. The van der Waals surface area contributed by atoms with Gasteiger partial charge in [-0.1, -0.05) is 43.3 Å². The van der Waals surface area contributed by atoms with Crippen molar-refractivity contribution in [1.82, 2.24) is 9.55 Å². The van der Waals surface area contributed by atoms with Gasteiger partial charge in [-0.2, -0.15) is 0 Å². The summed E-state index contributed by atoms with van der Waals surface area (Å²) in [5.74, 6) is -0.143. The van der Waals surface area contributed by atoms with Crippen molar-refractivity contribution in [3.05, 3.63) is 89.3 Å². The summed E-state index contributed by atoms with van der Waals surface area (Å²) in [7, 11) is 0. The molecule has 1 atom stereocenters. The maximum absolute atomic E-state index is 13.5. The summed E-state index contributed by atoms with van der Waals surface area (Å²) in [6.45, 7) is 3.04. The summed E-state index contributed by atoms with van der Waals surface area (Å²) in [4.78, 5) is 4.71. The van der Waals surface area contributed by atoms with Crippen molar-refractivity contribution < 1.29 is 4.39 Å². The molecule has 1 unspecified atom stereocenters. The van der Waals surface area contributed by atoms with Crippen LogP contribution in [0.4, 0.5) is 4.39 Å². The number of halogens is 1. The number of hydrogen-bond acceptors (Lipinski definition) is 1. The van der Waals surface area contributed by atoms with E-state index in [1.165, 1.54) is 11.1 Å². The van der Waals surface area contributed by atoms with Gasteiger partial charge < -0.3 is 4.57 Å². The van der Waals surface area contributed by atoms with Gasteiger partial charge in [-0.3, -0.25) is 0 Å². The van der Waals surface area contributed by atoms with Crippen LogP contribution in [0.15, 0.2) is 61.1 Å². The fourth-order valence-corrected chi connectivity index (χ4v) is 3.85. The molecule has 0 saturated carbocycles. The second kappa shape index (κ2) is 5.90. The van der Waals surface area contributed by atoms with Crippen LogP contribution in [0.1, 0.15) is 35.7 Å². The third kappa shape index (κ3) is 2.64. The Morgan fingerprint density at radius 3 is 2.67 bits per heavy atom. The SMILES string of the molecule is CCC1(c2cn(Cc3ccccc3)cn2)Cc2ccc(F)cc2C1. The number of hydrogen-bond donors (Lipinski definition) is 0. The maximum atomic E-state index is 13.5. The molecule has 0 bridgehead atoms. The number of fused-ring (bicyclic) bond motifs is 1. The quantitative estimate of drug-likeness (QED) is 0.691. The fourth-order valence-electron chi connectivity index (χ4n) is 3.85. The van der Waals surface area contributed by atoms with E-state index in [9.17, 15) is 4.39 Å². The Balaban J connectivity index is 1.61. The monoisotopic (exact) mass is 320 g/mol. The largest absolute Gasteiger partial charge is 0.333 e. The van der Waals surface area contributed by atoms with Crippen molar-refractivity contribution in [2.45, 2.75) is 38.1 Å².